The van der Waals surface area contributed by atoms with E-state index < -0.39 is 23.7 Å². The van der Waals surface area contributed by atoms with Crippen molar-refractivity contribution in [2.45, 2.75) is 20.0 Å². The SMILES string of the molecule is C#CCOc1c(Br)cc(/C=C2/SC(=O)N(CC(=O)OC(C)C)C2=O)cc1OC. The highest BCUT2D eigenvalue weighted by atomic mass is 79.9. The highest BCUT2D eigenvalue weighted by Gasteiger charge is 2.36. The fourth-order valence-electron chi connectivity index (χ4n) is 2.29. The fourth-order valence-corrected chi connectivity index (χ4v) is 3.71. The first kappa shape index (κ1) is 21.9. The van der Waals surface area contributed by atoms with Gasteiger partial charge in [-0.05, 0) is 65.3 Å². The number of ether oxygens (including phenoxy) is 3. The summed E-state index contributed by atoms with van der Waals surface area (Å²) in [6.45, 7) is 3.02. The molecule has 9 heteroatoms. The van der Waals surface area contributed by atoms with E-state index >= 15 is 0 Å². The number of benzene rings is 1. The number of methoxy groups -OCH3 is 1. The van der Waals surface area contributed by atoms with Gasteiger partial charge in [0.15, 0.2) is 11.5 Å². The van der Waals surface area contributed by atoms with Gasteiger partial charge in [-0.1, -0.05) is 5.92 Å². The molecule has 0 aliphatic carbocycles. The van der Waals surface area contributed by atoms with Gasteiger partial charge in [-0.3, -0.25) is 19.3 Å². The summed E-state index contributed by atoms with van der Waals surface area (Å²) in [6, 6.07) is 3.35. The Hall–Kier alpha value is -2.44. The highest BCUT2D eigenvalue weighted by molar-refractivity contribution is 9.10. The number of imide groups is 1. The quantitative estimate of drug-likeness (QED) is 0.345. The zero-order valence-electron chi connectivity index (χ0n) is 15.5. The highest BCUT2D eigenvalue weighted by Crippen LogP contribution is 2.39. The molecule has 0 aromatic heterocycles. The molecule has 2 rings (SSSR count). The van der Waals surface area contributed by atoms with Gasteiger partial charge in [0.2, 0.25) is 0 Å². The molecule has 28 heavy (non-hydrogen) atoms. The summed E-state index contributed by atoms with van der Waals surface area (Å²) in [4.78, 5) is 37.4. The maximum atomic E-state index is 12.5. The molecular formula is C19H18BrNO6S. The van der Waals surface area contributed by atoms with Gasteiger partial charge < -0.3 is 14.2 Å². The summed E-state index contributed by atoms with van der Waals surface area (Å²) in [5, 5.41) is -0.531. The number of hydrogen-bond acceptors (Lipinski definition) is 7. The van der Waals surface area contributed by atoms with E-state index in [4.69, 9.17) is 20.6 Å². The number of rotatable bonds is 7. The van der Waals surface area contributed by atoms with Crippen LogP contribution in [0, 0.1) is 12.3 Å². The van der Waals surface area contributed by atoms with Crippen molar-refractivity contribution in [1.82, 2.24) is 4.90 Å². The minimum absolute atomic E-state index is 0.0691. The minimum atomic E-state index is -0.641. The van der Waals surface area contributed by atoms with Crippen molar-refractivity contribution in [2.24, 2.45) is 0 Å². The molecule has 7 nitrogen and oxygen atoms in total. The molecule has 2 amide bonds. The monoisotopic (exact) mass is 467 g/mol. The van der Waals surface area contributed by atoms with Crippen LogP contribution >= 0.6 is 27.7 Å². The lowest BCUT2D eigenvalue weighted by Gasteiger charge is -2.13. The summed E-state index contributed by atoms with van der Waals surface area (Å²) in [5.41, 5.74) is 0.604. The lowest BCUT2D eigenvalue weighted by atomic mass is 10.2. The van der Waals surface area contributed by atoms with E-state index in [2.05, 4.69) is 21.9 Å². The Morgan fingerprint density at radius 2 is 2.11 bits per heavy atom. The van der Waals surface area contributed by atoms with Crippen molar-refractivity contribution in [2.75, 3.05) is 20.3 Å². The van der Waals surface area contributed by atoms with Crippen molar-refractivity contribution in [3.8, 4) is 23.8 Å². The molecule has 0 unspecified atom stereocenters. The first-order chi connectivity index (χ1) is 13.3. The molecule has 1 aliphatic rings. The van der Waals surface area contributed by atoms with Crippen LogP contribution in [0.25, 0.3) is 6.08 Å². The maximum Gasteiger partial charge on any atom is 0.326 e. The van der Waals surface area contributed by atoms with E-state index in [1.54, 1.807) is 26.0 Å². The second kappa shape index (κ2) is 9.66. The third-order valence-electron chi connectivity index (χ3n) is 3.38. The normalized spacial score (nSPS) is 15.1. The molecule has 0 atom stereocenters. The Morgan fingerprint density at radius 1 is 1.39 bits per heavy atom. The first-order valence-corrected chi connectivity index (χ1v) is 9.76. The van der Waals surface area contributed by atoms with Gasteiger partial charge in [0, 0.05) is 0 Å². The molecule has 1 aromatic rings. The van der Waals surface area contributed by atoms with Crippen LogP contribution in [-0.2, 0) is 14.3 Å². The molecule has 1 aliphatic heterocycles. The average Bonchev–Trinajstić information content (AvgIpc) is 2.87. The third kappa shape index (κ3) is 5.30. The number of esters is 1. The molecule has 0 radical (unpaired) electrons. The van der Waals surface area contributed by atoms with Crippen LogP contribution in [0.5, 0.6) is 11.5 Å². The maximum absolute atomic E-state index is 12.5. The Kier molecular flexibility index (Phi) is 7.54. The summed E-state index contributed by atoms with van der Waals surface area (Å²) < 4.78 is 16.3. The zero-order valence-corrected chi connectivity index (χ0v) is 17.9. The van der Waals surface area contributed by atoms with E-state index in [0.29, 0.717) is 21.5 Å². The van der Waals surface area contributed by atoms with Gasteiger partial charge in [0.25, 0.3) is 11.1 Å². The smallest absolute Gasteiger partial charge is 0.326 e. The lowest BCUT2D eigenvalue weighted by Crippen LogP contribution is -2.35. The molecule has 1 fully saturated rings. The van der Waals surface area contributed by atoms with Crippen LogP contribution in [0.3, 0.4) is 0 Å². The number of carbonyl (C=O) groups excluding carboxylic acids is 3. The van der Waals surface area contributed by atoms with Gasteiger partial charge in [-0.2, -0.15) is 0 Å². The predicted molar refractivity (Wildman–Crippen MR) is 109 cm³/mol. The largest absolute Gasteiger partial charge is 0.493 e. The summed E-state index contributed by atoms with van der Waals surface area (Å²) in [6.07, 6.45) is 6.42. The van der Waals surface area contributed by atoms with Crippen molar-refractivity contribution in [3.05, 3.63) is 27.1 Å². The van der Waals surface area contributed by atoms with E-state index in [1.165, 1.54) is 13.2 Å². The first-order valence-electron chi connectivity index (χ1n) is 8.15. The van der Waals surface area contributed by atoms with Crippen LogP contribution < -0.4 is 9.47 Å². The number of amides is 2. The second-order valence-corrected chi connectivity index (χ2v) is 7.68. The number of thioether (sulfide) groups is 1. The molecule has 0 bridgehead atoms. The predicted octanol–water partition coefficient (Wildman–Crippen LogP) is 3.46. The molecule has 0 saturated carbocycles. The molecule has 0 spiro atoms. The average molecular weight is 468 g/mol. The Labute approximate surface area is 175 Å². The minimum Gasteiger partial charge on any atom is -0.493 e. The van der Waals surface area contributed by atoms with Gasteiger partial charge in [0.1, 0.15) is 13.2 Å². The summed E-state index contributed by atoms with van der Waals surface area (Å²) in [7, 11) is 1.47. The number of nitrogens with zero attached hydrogens (tertiary/aromatic N) is 1. The molecule has 148 valence electrons. The number of carbonyl (C=O) groups is 3. The molecular weight excluding hydrogens is 450 g/mol. The zero-order chi connectivity index (χ0) is 20.8. The van der Waals surface area contributed by atoms with Crippen LogP contribution in [0.15, 0.2) is 21.5 Å². The van der Waals surface area contributed by atoms with E-state index in [-0.39, 0.29) is 17.6 Å². The van der Waals surface area contributed by atoms with Crippen LogP contribution in [0.1, 0.15) is 19.4 Å². The molecule has 1 heterocycles. The standard InChI is InChI=1S/C19H18BrNO6S/c1-5-6-26-17-13(20)7-12(8-14(17)25-4)9-15-18(23)21(19(24)28-15)10-16(22)27-11(2)3/h1,7-9,11H,6,10H2,2-4H3/b15-9+. The fraction of sp³-hybridized carbons (Fsp3) is 0.316. The Morgan fingerprint density at radius 3 is 2.71 bits per heavy atom. The van der Waals surface area contributed by atoms with E-state index in [0.717, 1.165) is 16.7 Å². The number of hydrogen-bond donors (Lipinski definition) is 0. The van der Waals surface area contributed by atoms with Gasteiger partial charge in [-0.15, -0.1) is 6.42 Å². The Bertz CT molecular complexity index is 874. The van der Waals surface area contributed by atoms with E-state index in [1.807, 2.05) is 0 Å². The second-order valence-electron chi connectivity index (χ2n) is 5.83. The van der Waals surface area contributed by atoms with Gasteiger partial charge in [-0.25, -0.2) is 0 Å². The van der Waals surface area contributed by atoms with Crippen LogP contribution in [-0.4, -0.2) is 48.4 Å². The molecule has 1 aromatic carbocycles. The van der Waals surface area contributed by atoms with Crippen molar-refractivity contribution >= 4 is 50.9 Å². The summed E-state index contributed by atoms with van der Waals surface area (Å²) >= 11 is 4.13. The Balaban J connectivity index is 2.25. The van der Waals surface area contributed by atoms with E-state index in [9.17, 15) is 14.4 Å². The van der Waals surface area contributed by atoms with Gasteiger partial charge >= 0.3 is 5.97 Å². The van der Waals surface area contributed by atoms with Gasteiger partial charge in [0.05, 0.1) is 22.6 Å². The van der Waals surface area contributed by atoms with Crippen molar-refractivity contribution in [1.29, 1.82) is 0 Å². The summed E-state index contributed by atoms with van der Waals surface area (Å²) in [5.74, 6) is 2.02. The molecule has 1 saturated heterocycles. The number of halogens is 1. The van der Waals surface area contributed by atoms with Crippen molar-refractivity contribution in [3.63, 3.8) is 0 Å². The third-order valence-corrected chi connectivity index (χ3v) is 4.87. The van der Waals surface area contributed by atoms with Crippen molar-refractivity contribution < 1.29 is 28.6 Å². The topological polar surface area (TPSA) is 82.1 Å². The lowest BCUT2D eigenvalue weighted by molar-refractivity contribution is -0.149. The van der Waals surface area contributed by atoms with Crippen LogP contribution in [0.2, 0.25) is 0 Å². The molecule has 0 N–H and O–H groups in total. The van der Waals surface area contributed by atoms with Crippen LogP contribution in [0.4, 0.5) is 4.79 Å². The number of terminal acetylenes is 1.